The second-order valence-corrected chi connectivity index (χ2v) is 8.01. The lowest BCUT2D eigenvalue weighted by Crippen LogP contribution is -2.32. The normalized spacial score (nSPS) is 17.3. The van der Waals surface area contributed by atoms with Crippen molar-refractivity contribution in [3.8, 4) is 17.2 Å². The summed E-state index contributed by atoms with van der Waals surface area (Å²) in [7, 11) is 2.78. The van der Waals surface area contributed by atoms with Crippen molar-refractivity contribution in [1.82, 2.24) is 4.90 Å². The summed E-state index contributed by atoms with van der Waals surface area (Å²) in [5, 5.41) is 20.6. The van der Waals surface area contributed by atoms with Crippen LogP contribution in [0.1, 0.15) is 39.4 Å². The lowest BCUT2D eigenvalue weighted by Gasteiger charge is -2.25. The second-order valence-electron chi connectivity index (χ2n) is 8.01. The molecule has 2 aromatic carbocycles. The van der Waals surface area contributed by atoms with Crippen molar-refractivity contribution in [3.63, 3.8) is 0 Å². The molecule has 0 saturated carbocycles. The number of fused-ring (bicyclic) bond motifs is 1. The van der Waals surface area contributed by atoms with E-state index in [0.717, 1.165) is 0 Å². The molecule has 1 atom stereocenters. The van der Waals surface area contributed by atoms with Gasteiger partial charge in [0, 0.05) is 36.3 Å². The highest BCUT2D eigenvalue weighted by molar-refractivity contribution is 6.12. The maximum atomic E-state index is 13.1. The van der Waals surface area contributed by atoms with E-state index >= 15 is 0 Å². The van der Waals surface area contributed by atoms with E-state index in [1.807, 2.05) is 4.90 Å². The Morgan fingerprint density at radius 1 is 1.21 bits per heavy atom. The number of aromatic hydroxyl groups is 1. The van der Waals surface area contributed by atoms with Crippen molar-refractivity contribution in [1.29, 1.82) is 0 Å². The number of Topliss-reactive ketones (excluding diaryl/α,β-unsaturated/α-hetero) is 1. The molecule has 0 bridgehead atoms. The summed E-state index contributed by atoms with van der Waals surface area (Å²) in [5.41, 5.74) is 1.75. The SMILES string of the molecule is COC(=O)C[C@@H](c1ccc(OC)c(CO)c1)c1c(O)ccc2c1O/C(=C\N1CCOCC1)C2=O. The molecule has 0 radical (unpaired) electrons. The summed E-state index contributed by atoms with van der Waals surface area (Å²) in [4.78, 5) is 27.4. The van der Waals surface area contributed by atoms with Crippen molar-refractivity contribution in [2.75, 3.05) is 40.5 Å². The van der Waals surface area contributed by atoms with Crippen molar-refractivity contribution in [3.05, 3.63) is 64.5 Å². The van der Waals surface area contributed by atoms with Crippen LogP contribution in [0.25, 0.3) is 0 Å². The molecule has 9 heteroatoms. The van der Waals surface area contributed by atoms with E-state index in [0.29, 0.717) is 54.3 Å². The van der Waals surface area contributed by atoms with Gasteiger partial charge in [0.1, 0.15) is 17.2 Å². The number of hydrogen-bond donors (Lipinski definition) is 2. The van der Waals surface area contributed by atoms with Crippen LogP contribution in [0, 0.1) is 0 Å². The number of carbonyl (C=O) groups excluding carboxylic acids is 2. The van der Waals surface area contributed by atoms with Gasteiger partial charge in [-0.15, -0.1) is 0 Å². The third kappa shape index (κ3) is 4.57. The molecule has 0 unspecified atom stereocenters. The first-order valence-electron chi connectivity index (χ1n) is 10.9. The third-order valence-electron chi connectivity index (χ3n) is 6.02. The number of nitrogens with zero attached hydrogens (tertiary/aromatic N) is 1. The van der Waals surface area contributed by atoms with Crippen LogP contribution in [-0.2, 0) is 20.9 Å². The van der Waals surface area contributed by atoms with Gasteiger partial charge >= 0.3 is 5.97 Å². The molecule has 1 saturated heterocycles. The predicted molar refractivity (Wildman–Crippen MR) is 121 cm³/mol. The summed E-state index contributed by atoms with van der Waals surface area (Å²) in [6.07, 6.45) is 1.55. The molecule has 0 amide bonds. The minimum Gasteiger partial charge on any atom is -0.508 e. The smallest absolute Gasteiger partial charge is 0.306 e. The van der Waals surface area contributed by atoms with E-state index in [9.17, 15) is 19.8 Å². The van der Waals surface area contributed by atoms with Gasteiger partial charge in [0.05, 0.1) is 46.0 Å². The Hall–Kier alpha value is -3.56. The largest absolute Gasteiger partial charge is 0.508 e. The summed E-state index contributed by atoms with van der Waals surface area (Å²) >= 11 is 0. The Morgan fingerprint density at radius 3 is 2.65 bits per heavy atom. The minimum absolute atomic E-state index is 0.113. The average molecular weight is 469 g/mol. The fourth-order valence-electron chi connectivity index (χ4n) is 4.24. The zero-order valence-electron chi connectivity index (χ0n) is 19.1. The van der Waals surface area contributed by atoms with Crippen molar-refractivity contribution in [2.45, 2.75) is 18.9 Å². The van der Waals surface area contributed by atoms with Gasteiger partial charge in [0.2, 0.25) is 5.78 Å². The first-order chi connectivity index (χ1) is 16.5. The van der Waals surface area contributed by atoms with E-state index in [-0.39, 0.29) is 36.1 Å². The second kappa shape index (κ2) is 10.1. The number of ketones is 1. The molecule has 34 heavy (non-hydrogen) atoms. The number of carbonyl (C=O) groups is 2. The molecule has 0 aromatic heterocycles. The van der Waals surface area contributed by atoms with Gasteiger partial charge in [-0.25, -0.2) is 0 Å². The summed E-state index contributed by atoms with van der Waals surface area (Å²) in [5.74, 6) is -0.774. The van der Waals surface area contributed by atoms with Crippen LogP contribution >= 0.6 is 0 Å². The molecule has 9 nitrogen and oxygen atoms in total. The fourth-order valence-corrected chi connectivity index (χ4v) is 4.24. The van der Waals surface area contributed by atoms with E-state index in [2.05, 4.69) is 0 Å². The van der Waals surface area contributed by atoms with Gasteiger partial charge in [0.15, 0.2) is 5.76 Å². The number of methoxy groups -OCH3 is 2. The number of hydrogen-bond acceptors (Lipinski definition) is 9. The van der Waals surface area contributed by atoms with Crippen molar-refractivity contribution >= 4 is 11.8 Å². The monoisotopic (exact) mass is 469 g/mol. The topological polar surface area (TPSA) is 115 Å². The lowest BCUT2D eigenvalue weighted by atomic mass is 9.85. The number of esters is 1. The highest BCUT2D eigenvalue weighted by Gasteiger charge is 2.36. The molecule has 4 rings (SSSR count). The van der Waals surface area contributed by atoms with Crippen LogP contribution in [0.2, 0.25) is 0 Å². The first kappa shape index (κ1) is 23.6. The molecule has 2 aromatic rings. The summed E-state index contributed by atoms with van der Waals surface area (Å²) < 4.78 is 21.5. The molecule has 0 spiro atoms. The summed E-state index contributed by atoms with van der Waals surface area (Å²) in [6.45, 7) is 2.11. The number of morpholine rings is 1. The number of benzene rings is 2. The Morgan fingerprint density at radius 2 is 1.97 bits per heavy atom. The molecule has 2 heterocycles. The quantitative estimate of drug-likeness (QED) is 0.466. The Bertz CT molecular complexity index is 1120. The maximum Gasteiger partial charge on any atom is 0.306 e. The molecular weight excluding hydrogens is 442 g/mol. The zero-order valence-corrected chi connectivity index (χ0v) is 19.1. The molecule has 180 valence electrons. The van der Waals surface area contributed by atoms with Crippen LogP contribution in [-0.4, -0.2) is 67.4 Å². The van der Waals surface area contributed by atoms with Crippen molar-refractivity contribution in [2.24, 2.45) is 0 Å². The minimum atomic E-state index is -0.700. The molecular formula is C25H27NO8. The van der Waals surface area contributed by atoms with Crippen LogP contribution in [0.15, 0.2) is 42.3 Å². The van der Waals surface area contributed by atoms with Gasteiger partial charge in [-0.05, 0) is 29.8 Å². The summed E-state index contributed by atoms with van der Waals surface area (Å²) in [6, 6.07) is 8.06. The standard InChI is InChI=1S/C25H27NO8/c1-31-20-6-3-15(11-16(20)14-27)18(12-22(29)32-2)23-19(28)5-4-17-24(30)21(34-25(17)23)13-26-7-9-33-10-8-26/h3-6,11,13,18,27-28H,7-10,12,14H2,1-2H3/b21-13-/t18-/m0/s1. The lowest BCUT2D eigenvalue weighted by molar-refractivity contribution is -0.140. The number of phenolic OH excluding ortho intramolecular Hbond substituents is 1. The number of aliphatic hydroxyl groups excluding tert-OH is 1. The van der Waals surface area contributed by atoms with Crippen molar-refractivity contribution < 1.29 is 38.7 Å². The first-order valence-corrected chi connectivity index (χ1v) is 10.9. The zero-order chi connectivity index (χ0) is 24.2. The van der Waals surface area contributed by atoms with Crippen LogP contribution in [0.5, 0.6) is 17.2 Å². The number of ether oxygens (including phenoxy) is 4. The Labute approximate surface area is 197 Å². The highest BCUT2D eigenvalue weighted by atomic mass is 16.5. The molecule has 2 aliphatic rings. The number of aliphatic hydroxyl groups is 1. The highest BCUT2D eigenvalue weighted by Crippen LogP contribution is 2.46. The third-order valence-corrected chi connectivity index (χ3v) is 6.02. The molecule has 1 fully saturated rings. The van der Waals surface area contributed by atoms with Gasteiger partial charge < -0.3 is 34.1 Å². The van der Waals surface area contributed by atoms with E-state index in [4.69, 9.17) is 18.9 Å². The van der Waals surface area contributed by atoms with Gasteiger partial charge in [-0.3, -0.25) is 9.59 Å². The number of rotatable bonds is 7. The van der Waals surface area contributed by atoms with Gasteiger partial charge in [-0.1, -0.05) is 6.07 Å². The maximum absolute atomic E-state index is 13.1. The molecule has 0 aliphatic carbocycles. The van der Waals surface area contributed by atoms with Crippen LogP contribution in [0.3, 0.4) is 0 Å². The van der Waals surface area contributed by atoms with E-state index < -0.39 is 11.9 Å². The molecule has 2 N–H and O–H groups in total. The van der Waals surface area contributed by atoms with Crippen LogP contribution in [0.4, 0.5) is 0 Å². The van der Waals surface area contributed by atoms with Crippen LogP contribution < -0.4 is 9.47 Å². The average Bonchev–Trinajstić information content (AvgIpc) is 3.17. The van der Waals surface area contributed by atoms with Gasteiger partial charge in [-0.2, -0.15) is 0 Å². The van der Waals surface area contributed by atoms with E-state index in [1.54, 1.807) is 24.4 Å². The van der Waals surface area contributed by atoms with E-state index in [1.165, 1.54) is 26.4 Å². The predicted octanol–water partition coefficient (Wildman–Crippen LogP) is 2.34. The number of allylic oxidation sites excluding steroid dienone is 1. The fraction of sp³-hybridized carbons (Fsp3) is 0.360. The van der Waals surface area contributed by atoms with Gasteiger partial charge in [0.25, 0.3) is 0 Å². The number of phenols is 1. The Balaban J connectivity index is 1.79. The Kier molecular flexibility index (Phi) is 7.04. The molecule has 2 aliphatic heterocycles.